The third-order valence-corrected chi connectivity index (χ3v) is 1.18. The van der Waals surface area contributed by atoms with Crippen molar-refractivity contribution < 1.29 is 9.53 Å². The van der Waals surface area contributed by atoms with Crippen LogP contribution in [0.2, 0.25) is 0 Å². The Balaban J connectivity index is 2.96. The minimum atomic E-state index is -0.156. The number of carbonyl (C=O) groups excluding carboxylic acids is 1. The molecule has 0 unspecified atom stereocenters. The third-order valence-electron chi connectivity index (χ3n) is 1.18. The van der Waals surface area contributed by atoms with Crippen molar-refractivity contribution in [2.45, 2.75) is 19.3 Å². The summed E-state index contributed by atoms with van der Waals surface area (Å²) in [5.74, 6) is 4.86. The van der Waals surface area contributed by atoms with Gasteiger partial charge in [-0.3, -0.25) is 16.1 Å². The van der Waals surface area contributed by atoms with Crippen LogP contribution in [0.3, 0.4) is 0 Å². The first kappa shape index (κ1) is 9.39. The van der Waals surface area contributed by atoms with E-state index >= 15 is 0 Å². The Labute approximate surface area is 60.7 Å². The first-order valence-electron chi connectivity index (χ1n) is 3.31. The van der Waals surface area contributed by atoms with Crippen molar-refractivity contribution in [3.8, 4) is 0 Å². The number of ether oxygens (including phenoxy) is 1. The van der Waals surface area contributed by atoms with E-state index in [0.29, 0.717) is 6.42 Å². The molecule has 0 aliphatic heterocycles. The minimum Gasteiger partial charge on any atom is -0.469 e. The maximum Gasteiger partial charge on any atom is 0.305 e. The van der Waals surface area contributed by atoms with Crippen LogP contribution >= 0.6 is 0 Å². The summed E-state index contributed by atoms with van der Waals surface area (Å²) in [6, 6.07) is 0. The molecule has 0 rings (SSSR count). The van der Waals surface area contributed by atoms with Crippen molar-refractivity contribution in [3.63, 3.8) is 0 Å². The van der Waals surface area contributed by atoms with Crippen LogP contribution in [0.4, 0.5) is 0 Å². The second-order valence-corrected chi connectivity index (χ2v) is 1.99. The van der Waals surface area contributed by atoms with Gasteiger partial charge in [-0.05, 0) is 12.8 Å². The summed E-state index contributed by atoms with van der Waals surface area (Å²) in [6.07, 6.45) is 2.22. The second kappa shape index (κ2) is 6.51. The molecule has 0 aromatic heterocycles. The number of hydrogen-bond donors (Lipinski definition) is 2. The Morgan fingerprint density at radius 1 is 1.60 bits per heavy atom. The lowest BCUT2D eigenvalue weighted by atomic mass is 10.2. The van der Waals surface area contributed by atoms with E-state index in [1.807, 2.05) is 0 Å². The highest BCUT2D eigenvalue weighted by Crippen LogP contribution is 1.94. The van der Waals surface area contributed by atoms with E-state index in [4.69, 9.17) is 5.84 Å². The normalized spacial score (nSPS) is 9.40. The Kier molecular flexibility index (Phi) is 6.11. The van der Waals surface area contributed by atoms with Crippen LogP contribution < -0.4 is 11.3 Å². The molecule has 0 aliphatic rings. The van der Waals surface area contributed by atoms with Gasteiger partial charge in [-0.1, -0.05) is 0 Å². The molecule has 0 fully saturated rings. The van der Waals surface area contributed by atoms with E-state index in [1.165, 1.54) is 7.11 Å². The van der Waals surface area contributed by atoms with Crippen LogP contribution in [-0.2, 0) is 9.53 Å². The fraction of sp³-hybridized carbons (Fsp3) is 0.833. The molecule has 4 heteroatoms. The van der Waals surface area contributed by atoms with Gasteiger partial charge in [0.2, 0.25) is 0 Å². The van der Waals surface area contributed by atoms with Gasteiger partial charge < -0.3 is 4.74 Å². The standard InChI is InChI=1S/C6H14N2O2/c1-10-6(9)4-2-3-5-8-7/h8H,2-5,7H2,1H3. The molecule has 0 aromatic carbocycles. The van der Waals surface area contributed by atoms with E-state index in [9.17, 15) is 4.79 Å². The van der Waals surface area contributed by atoms with Crippen LogP contribution in [0.25, 0.3) is 0 Å². The number of carbonyl (C=O) groups is 1. The molecular weight excluding hydrogens is 132 g/mol. The zero-order valence-corrected chi connectivity index (χ0v) is 6.22. The van der Waals surface area contributed by atoms with Crippen LogP contribution in [0.1, 0.15) is 19.3 Å². The van der Waals surface area contributed by atoms with Crippen molar-refractivity contribution in [3.05, 3.63) is 0 Å². The van der Waals surface area contributed by atoms with Gasteiger partial charge in [0.25, 0.3) is 0 Å². The lowest BCUT2D eigenvalue weighted by molar-refractivity contribution is -0.140. The molecule has 0 heterocycles. The van der Waals surface area contributed by atoms with Crippen molar-refractivity contribution in [1.29, 1.82) is 0 Å². The average molecular weight is 146 g/mol. The van der Waals surface area contributed by atoms with Gasteiger partial charge in [0.05, 0.1) is 7.11 Å². The predicted molar refractivity (Wildman–Crippen MR) is 38.1 cm³/mol. The van der Waals surface area contributed by atoms with Crippen molar-refractivity contribution in [2.75, 3.05) is 13.7 Å². The van der Waals surface area contributed by atoms with E-state index in [0.717, 1.165) is 19.4 Å². The largest absolute Gasteiger partial charge is 0.469 e. The second-order valence-electron chi connectivity index (χ2n) is 1.99. The van der Waals surface area contributed by atoms with Gasteiger partial charge in [0.1, 0.15) is 0 Å². The minimum absolute atomic E-state index is 0.156. The summed E-state index contributed by atoms with van der Waals surface area (Å²) in [5, 5.41) is 0. The van der Waals surface area contributed by atoms with E-state index in [-0.39, 0.29) is 5.97 Å². The molecule has 0 bridgehead atoms. The number of nitrogens with one attached hydrogen (secondary N) is 1. The summed E-state index contributed by atoms with van der Waals surface area (Å²) in [4.78, 5) is 10.5. The highest BCUT2D eigenvalue weighted by Gasteiger charge is 1.97. The molecule has 0 aromatic rings. The fourth-order valence-electron chi connectivity index (χ4n) is 0.598. The maximum absolute atomic E-state index is 10.5. The number of unbranched alkanes of at least 4 members (excludes halogenated alkanes) is 1. The van der Waals surface area contributed by atoms with E-state index in [1.54, 1.807) is 0 Å². The molecule has 0 atom stereocenters. The van der Waals surface area contributed by atoms with Crippen LogP contribution in [0.5, 0.6) is 0 Å². The van der Waals surface area contributed by atoms with Crippen molar-refractivity contribution >= 4 is 5.97 Å². The number of hydrazine groups is 1. The molecule has 0 radical (unpaired) electrons. The van der Waals surface area contributed by atoms with Gasteiger partial charge in [0.15, 0.2) is 0 Å². The number of esters is 1. The first-order valence-corrected chi connectivity index (χ1v) is 3.31. The van der Waals surface area contributed by atoms with Gasteiger partial charge in [-0.2, -0.15) is 0 Å². The Hall–Kier alpha value is -0.610. The maximum atomic E-state index is 10.5. The lowest BCUT2D eigenvalue weighted by Gasteiger charge is -1.98. The third kappa shape index (κ3) is 5.53. The van der Waals surface area contributed by atoms with E-state index in [2.05, 4.69) is 10.2 Å². The zero-order valence-electron chi connectivity index (χ0n) is 6.22. The molecule has 0 aliphatic carbocycles. The fourth-order valence-corrected chi connectivity index (χ4v) is 0.598. The zero-order chi connectivity index (χ0) is 7.82. The number of rotatable bonds is 5. The molecule has 0 saturated heterocycles. The summed E-state index contributed by atoms with van der Waals surface area (Å²) in [5.41, 5.74) is 2.51. The molecular formula is C6H14N2O2. The predicted octanol–water partition coefficient (Wildman–Crippen LogP) is -0.207. The van der Waals surface area contributed by atoms with Crippen LogP contribution in [0, 0.1) is 0 Å². The molecule has 0 amide bonds. The topological polar surface area (TPSA) is 64.3 Å². The molecule has 0 spiro atoms. The average Bonchev–Trinajstić information content (AvgIpc) is 1.98. The first-order chi connectivity index (χ1) is 4.81. The summed E-state index contributed by atoms with van der Waals surface area (Å²) < 4.78 is 4.44. The quantitative estimate of drug-likeness (QED) is 0.244. The monoisotopic (exact) mass is 146 g/mol. The molecule has 60 valence electrons. The highest BCUT2D eigenvalue weighted by molar-refractivity contribution is 5.68. The van der Waals surface area contributed by atoms with Crippen LogP contribution in [-0.4, -0.2) is 19.6 Å². The van der Waals surface area contributed by atoms with Gasteiger partial charge in [0, 0.05) is 13.0 Å². The smallest absolute Gasteiger partial charge is 0.305 e. The Morgan fingerprint density at radius 2 is 2.30 bits per heavy atom. The SMILES string of the molecule is COC(=O)CCCCNN. The Morgan fingerprint density at radius 3 is 2.80 bits per heavy atom. The van der Waals surface area contributed by atoms with Gasteiger partial charge in [-0.25, -0.2) is 0 Å². The molecule has 3 N–H and O–H groups in total. The number of hydrogen-bond acceptors (Lipinski definition) is 4. The molecule has 0 saturated carbocycles. The highest BCUT2D eigenvalue weighted by atomic mass is 16.5. The van der Waals surface area contributed by atoms with E-state index < -0.39 is 0 Å². The molecule has 4 nitrogen and oxygen atoms in total. The van der Waals surface area contributed by atoms with Gasteiger partial charge in [-0.15, -0.1) is 0 Å². The number of methoxy groups -OCH3 is 1. The van der Waals surface area contributed by atoms with Crippen molar-refractivity contribution in [1.82, 2.24) is 5.43 Å². The summed E-state index contributed by atoms with van der Waals surface area (Å²) in [6.45, 7) is 0.747. The number of nitrogens with two attached hydrogens (primary N) is 1. The Bertz CT molecular complexity index is 95.7. The lowest BCUT2D eigenvalue weighted by Crippen LogP contribution is -2.22. The molecule has 10 heavy (non-hydrogen) atoms. The van der Waals surface area contributed by atoms with Crippen LogP contribution in [0.15, 0.2) is 0 Å². The summed E-state index contributed by atoms with van der Waals surface area (Å²) in [7, 11) is 1.39. The summed E-state index contributed by atoms with van der Waals surface area (Å²) >= 11 is 0. The van der Waals surface area contributed by atoms with Gasteiger partial charge >= 0.3 is 5.97 Å². The van der Waals surface area contributed by atoms with Crippen molar-refractivity contribution in [2.24, 2.45) is 5.84 Å².